The van der Waals surface area contributed by atoms with Gasteiger partial charge in [-0.05, 0) is 62.9 Å². The number of fused-ring (bicyclic) bond motifs is 1. The predicted octanol–water partition coefficient (Wildman–Crippen LogP) is 5.51. The molecule has 2 heterocycles. The van der Waals surface area contributed by atoms with Crippen molar-refractivity contribution in [1.82, 2.24) is 9.97 Å². The Morgan fingerprint density at radius 1 is 1.24 bits per heavy atom. The third-order valence-corrected chi connectivity index (χ3v) is 6.25. The van der Waals surface area contributed by atoms with Gasteiger partial charge < -0.3 is 5.32 Å². The molecule has 6 heteroatoms. The fraction of sp³-hybridized carbons (Fsp3) is 0.316. The maximum absolute atomic E-state index is 12.8. The number of hydrogen-bond donors (Lipinski definition) is 1. The van der Waals surface area contributed by atoms with Crippen LogP contribution in [0.3, 0.4) is 0 Å². The number of carbonyl (C=O) groups is 1. The zero-order valence-corrected chi connectivity index (χ0v) is 16.7. The highest BCUT2D eigenvalue weighted by atomic mass is 79.9. The Hall–Kier alpha value is -1.79. The third kappa shape index (κ3) is 3.09. The molecule has 1 fully saturated rings. The van der Waals surface area contributed by atoms with Crippen molar-refractivity contribution in [3.63, 3.8) is 0 Å². The van der Waals surface area contributed by atoms with Gasteiger partial charge in [-0.1, -0.05) is 15.9 Å². The van der Waals surface area contributed by atoms with Crippen molar-refractivity contribution in [3.05, 3.63) is 50.2 Å². The molecule has 1 saturated carbocycles. The van der Waals surface area contributed by atoms with Crippen LogP contribution in [0.5, 0.6) is 0 Å². The molecular formula is C19H18BrN3OS. The number of thiophene rings is 1. The monoisotopic (exact) mass is 415 g/mol. The number of aryl methyl sites for hydroxylation is 3. The summed E-state index contributed by atoms with van der Waals surface area (Å²) in [5.74, 6) is 1.36. The first-order chi connectivity index (χ1) is 11.9. The Balaban J connectivity index is 1.71. The fourth-order valence-electron chi connectivity index (χ4n) is 3.05. The minimum Gasteiger partial charge on any atom is -0.321 e. The van der Waals surface area contributed by atoms with E-state index in [9.17, 15) is 4.79 Å². The van der Waals surface area contributed by atoms with Crippen molar-refractivity contribution in [1.29, 1.82) is 0 Å². The Labute approximate surface area is 158 Å². The van der Waals surface area contributed by atoms with E-state index in [0.717, 1.165) is 43.0 Å². The predicted molar refractivity (Wildman–Crippen MR) is 106 cm³/mol. The zero-order chi connectivity index (χ0) is 17.7. The normalized spacial score (nSPS) is 14.1. The number of anilines is 1. The SMILES string of the molecule is Cc1cc(Br)ccc1NC(=O)c1sc2nc(C3CC3)nc(C)c2c1C. The molecule has 0 saturated heterocycles. The Bertz CT molecular complexity index is 1010. The van der Waals surface area contributed by atoms with Gasteiger partial charge in [-0.15, -0.1) is 11.3 Å². The second-order valence-corrected chi connectivity index (χ2v) is 8.51. The van der Waals surface area contributed by atoms with Gasteiger partial charge in [0.15, 0.2) is 0 Å². The summed E-state index contributed by atoms with van der Waals surface area (Å²) in [5, 5.41) is 4.05. The van der Waals surface area contributed by atoms with Crippen LogP contribution in [-0.2, 0) is 0 Å². The van der Waals surface area contributed by atoms with E-state index in [4.69, 9.17) is 4.98 Å². The quantitative estimate of drug-likeness (QED) is 0.613. The highest BCUT2D eigenvalue weighted by molar-refractivity contribution is 9.10. The van der Waals surface area contributed by atoms with Crippen LogP contribution in [0.15, 0.2) is 22.7 Å². The summed E-state index contributed by atoms with van der Waals surface area (Å²) in [7, 11) is 0. The molecule has 4 rings (SSSR count). The Morgan fingerprint density at radius 3 is 2.68 bits per heavy atom. The molecule has 25 heavy (non-hydrogen) atoms. The van der Waals surface area contributed by atoms with Gasteiger partial charge in [0.25, 0.3) is 5.91 Å². The van der Waals surface area contributed by atoms with Crippen molar-refractivity contribution >= 4 is 49.1 Å². The molecule has 1 aromatic carbocycles. The van der Waals surface area contributed by atoms with Gasteiger partial charge in [0.05, 0.1) is 10.6 Å². The van der Waals surface area contributed by atoms with Crippen LogP contribution in [-0.4, -0.2) is 15.9 Å². The fourth-order valence-corrected chi connectivity index (χ4v) is 4.66. The molecule has 4 nitrogen and oxygen atoms in total. The molecule has 0 aliphatic heterocycles. The van der Waals surface area contributed by atoms with Crippen LogP contribution in [0.1, 0.15) is 51.1 Å². The number of carbonyl (C=O) groups excluding carboxylic acids is 1. The molecule has 3 aromatic rings. The summed E-state index contributed by atoms with van der Waals surface area (Å²) in [6.07, 6.45) is 2.34. The number of halogens is 1. The minimum atomic E-state index is -0.0849. The first-order valence-corrected chi connectivity index (χ1v) is 9.90. The van der Waals surface area contributed by atoms with E-state index in [0.29, 0.717) is 10.8 Å². The molecule has 0 spiro atoms. The van der Waals surface area contributed by atoms with Gasteiger partial charge in [-0.25, -0.2) is 9.97 Å². The molecule has 1 aliphatic rings. The summed E-state index contributed by atoms with van der Waals surface area (Å²) in [4.78, 5) is 23.8. The molecule has 2 aromatic heterocycles. The number of nitrogens with one attached hydrogen (secondary N) is 1. The minimum absolute atomic E-state index is 0.0849. The van der Waals surface area contributed by atoms with Gasteiger partial charge in [0.1, 0.15) is 10.7 Å². The van der Waals surface area contributed by atoms with Gasteiger partial charge in [0.2, 0.25) is 0 Å². The van der Waals surface area contributed by atoms with E-state index < -0.39 is 0 Å². The highest BCUT2D eigenvalue weighted by Crippen LogP contribution is 2.40. The van der Waals surface area contributed by atoms with Crippen molar-refractivity contribution in [2.75, 3.05) is 5.32 Å². The molecular weight excluding hydrogens is 398 g/mol. The van der Waals surface area contributed by atoms with Crippen molar-refractivity contribution < 1.29 is 4.79 Å². The third-order valence-electron chi connectivity index (χ3n) is 4.57. The number of amides is 1. The van der Waals surface area contributed by atoms with Crippen LogP contribution in [0.2, 0.25) is 0 Å². The van der Waals surface area contributed by atoms with E-state index in [1.165, 1.54) is 24.2 Å². The Kier molecular flexibility index (Phi) is 4.12. The van der Waals surface area contributed by atoms with E-state index >= 15 is 0 Å². The molecule has 1 amide bonds. The maximum Gasteiger partial charge on any atom is 0.266 e. The lowest BCUT2D eigenvalue weighted by Gasteiger charge is -2.08. The second-order valence-electron chi connectivity index (χ2n) is 6.59. The number of rotatable bonds is 3. The van der Waals surface area contributed by atoms with Crippen LogP contribution in [0.4, 0.5) is 5.69 Å². The summed E-state index contributed by atoms with van der Waals surface area (Å²) in [5.41, 5.74) is 3.78. The van der Waals surface area contributed by atoms with Gasteiger partial charge in [0, 0.05) is 21.5 Å². The molecule has 0 unspecified atom stereocenters. The van der Waals surface area contributed by atoms with Gasteiger partial charge in [-0.3, -0.25) is 4.79 Å². The topological polar surface area (TPSA) is 54.9 Å². The Morgan fingerprint density at radius 2 is 2.00 bits per heavy atom. The highest BCUT2D eigenvalue weighted by Gasteiger charge is 2.28. The average Bonchev–Trinajstić information content (AvgIpc) is 3.34. The molecule has 0 atom stereocenters. The van der Waals surface area contributed by atoms with Crippen LogP contribution >= 0.6 is 27.3 Å². The van der Waals surface area contributed by atoms with Gasteiger partial charge in [-0.2, -0.15) is 0 Å². The largest absolute Gasteiger partial charge is 0.321 e. The van der Waals surface area contributed by atoms with Crippen molar-refractivity contribution in [3.8, 4) is 0 Å². The standard InChI is InChI=1S/C19H18BrN3OS/c1-9-8-13(20)6-7-14(9)22-18(24)16-10(2)15-11(3)21-17(12-4-5-12)23-19(15)25-16/h6-8,12H,4-5H2,1-3H3,(H,22,24). The first kappa shape index (κ1) is 16.7. The van der Waals surface area contributed by atoms with Crippen molar-refractivity contribution in [2.45, 2.75) is 39.5 Å². The summed E-state index contributed by atoms with van der Waals surface area (Å²) in [6, 6.07) is 5.83. The number of benzene rings is 1. The molecule has 1 aliphatic carbocycles. The zero-order valence-electron chi connectivity index (χ0n) is 14.3. The summed E-state index contributed by atoms with van der Waals surface area (Å²) >= 11 is 4.91. The number of nitrogens with zero attached hydrogens (tertiary/aromatic N) is 2. The van der Waals surface area contributed by atoms with Crippen LogP contribution in [0.25, 0.3) is 10.2 Å². The average molecular weight is 416 g/mol. The number of hydrogen-bond acceptors (Lipinski definition) is 4. The molecule has 0 radical (unpaired) electrons. The second kappa shape index (κ2) is 6.18. The molecule has 0 bridgehead atoms. The van der Waals surface area contributed by atoms with Crippen LogP contribution < -0.4 is 5.32 Å². The van der Waals surface area contributed by atoms with Crippen LogP contribution in [0, 0.1) is 20.8 Å². The lowest BCUT2D eigenvalue weighted by Crippen LogP contribution is -2.12. The van der Waals surface area contributed by atoms with E-state index in [-0.39, 0.29) is 5.91 Å². The number of aromatic nitrogens is 2. The molecule has 128 valence electrons. The summed E-state index contributed by atoms with van der Waals surface area (Å²) < 4.78 is 1.000. The van der Waals surface area contributed by atoms with Gasteiger partial charge >= 0.3 is 0 Å². The first-order valence-electron chi connectivity index (χ1n) is 8.29. The van der Waals surface area contributed by atoms with E-state index in [2.05, 4.69) is 26.2 Å². The smallest absolute Gasteiger partial charge is 0.266 e. The molecule has 1 N–H and O–H groups in total. The lowest BCUT2D eigenvalue weighted by molar-refractivity contribution is 0.103. The van der Waals surface area contributed by atoms with Crippen molar-refractivity contribution in [2.24, 2.45) is 0 Å². The summed E-state index contributed by atoms with van der Waals surface area (Å²) in [6.45, 7) is 5.97. The van der Waals surface area contributed by atoms with E-state index in [1.807, 2.05) is 39.0 Å². The van der Waals surface area contributed by atoms with E-state index in [1.54, 1.807) is 0 Å². The lowest BCUT2D eigenvalue weighted by atomic mass is 10.1. The maximum atomic E-state index is 12.8.